The van der Waals surface area contributed by atoms with Crippen molar-refractivity contribution in [3.63, 3.8) is 0 Å². The number of H-pyrrole nitrogens is 1. The first-order chi connectivity index (χ1) is 15.7. The molecular formula is C25H19ClF3NO3. The van der Waals surface area contributed by atoms with Crippen LogP contribution in [0.2, 0.25) is 5.02 Å². The minimum absolute atomic E-state index is 0.140. The van der Waals surface area contributed by atoms with Crippen molar-refractivity contribution in [2.24, 2.45) is 0 Å². The summed E-state index contributed by atoms with van der Waals surface area (Å²) in [5.74, 6) is 0.618. The smallest absolute Gasteiger partial charge is 0.422 e. The molecule has 1 aromatic heterocycles. The Balaban J connectivity index is 1.64. The number of benzene rings is 3. The average molecular weight is 474 g/mol. The van der Waals surface area contributed by atoms with Crippen LogP contribution < -0.4 is 14.9 Å². The lowest BCUT2D eigenvalue weighted by molar-refractivity contribution is -0.153. The Kier molecular flexibility index (Phi) is 6.08. The second-order valence-corrected chi connectivity index (χ2v) is 7.90. The second kappa shape index (κ2) is 8.83. The highest BCUT2D eigenvalue weighted by molar-refractivity contribution is 6.32. The van der Waals surface area contributed by atoms with E-state index in [-0.39, 0.29) is 11.2 Å². The van der Waals surface area contributed by atoms with Crippen LogP contribution in [0, 0.1) is 6.92 Å². The van der Waals surface area contributed by atoms with E-state index in [1.165, 1.54) is 19.2 Å². The van der Waals surface area contributed by atoms with Gasteiger partial charge in [-0.2, -0.15) is 13.2 Å². The number of halogens is 4. The van der Waals surface area contributed by atoms with Gasteiger partial charge in [-0.05, 0) is 41.8 Å². The zero-order valence-corrected chi connectivity index (χ0v) is 18.5. The lowest BCUT2D eigenvalue weighted by Crippen LogP contribution is -2.19. The van der Waals surface area contributed by atoms with Crippen LogP contribution in [0.25, 0.3) is 33.2 Å². The first-order valence-electron chi connectivity index (χ1n) is 9.97. The van der Waals surface area contributed by atoms with Crippen molar-refractivity contribution in [2.75, 3.05) is 13.7 Å². The maximum atomic E-state index is 13.2. The fraction of sp³-hybridized carbons (Fsp3) is 0.160. The standard InChI is InChI=1S/C25H19ClF3NO3/c1-14-23(24(31)19-11-20(26)22(32-2)12-21(19)30-14)17-5-3-15(4-6-17)16-7-9-18(10-8-16)33-13-25(27,28)29/h3-12H,13H2,1-2H3,(H,30,31). The van der Waals surface area contributed by atoms with Gasteiger partial charge in [-0.25, -0.2) is 0 Å². The molecule has 170 valence electrons. The number of rotatable bonds is 5. The molecule has 8 heteroatoms. The molecule has 0 unspecified atom stereocenters. The van der Waals surface area contributed by atoms with Crippen LogP contribution in [0.5, 0.6) is 11.5 Å². The summed E-state index contributed by atoms with van der Waals surface area (Å²) in [5, 5.41) is 0.809. The molecular weight excluding hydrogens is 455 g/mol. The number of alkyl halides is 3. The second-order valence-electron chi connectivity index (χ2n) is 7.49. The van der Waals surface area contributed by atoms with Crippen LogP contribution in [-0.2, 0) is 0 Å². The molecule has 0 amide bonds. The van der Waals surface area contributed by atoms with E-state index in [0.717, 1.165) is 16.7 Å². The molecule has 0 saturated carbocycles. The van der Waals surface area contributed by atoms with Gasteiger partial charge >= 0.3 is 6.18 Å². The number of hydrogen-bond donors (Lipinski definition) is 1. The van der Waals surface area contributed by atoms with Gasteiger partial charge in [-0.1, -0.05) is 48.0 Å². The summed E-state index contributed by atoms with van der Waals surface area (Å²) in [5.41, 5.74) is 4.11. The van der Waals surface area contributed by atoms with E-state index in [2.05, 4.69) is 4.98 Å². The Morgan fingerprint density at radius 3 is 2.09 bits per heavy atom. The quantitative estimate of drug-likeness (QED) is 0.348. The number of aromatic amines is 1. The van der Waals surface area contributed by atoms with Crippen LogP contribution in [0.15, 0.2) is 65.5 Å². The minimum Gasteiger partial charge on any atom is -0.495 e. The molecule has 1 N–H and O–H groups in total. The lowest BCUT2D eigenvalue weighted by Gasteiger charge is -2.12. The summed E-state index contributed by atoms with van der Waals surface area (Å²) in [6, 6.07) is 17.0. The van der Waals surface area contributed by atoms with Crippen molar-refractivity contribution in [2.45, 2.75) is 13.1 Å². The predicted octanol–water partition coefficient (Wildman–Crippen LogP) is 6.77. The molecule has 0 atom stereocenters. The summed E-state index contributed by atoms with van der Waals surface area (Å²) < 4.78 is 46.9. The van der Waals surface area contributed by atoms with Crippen LogP contribution in [0.1, 0.15) is 5.69 Å². The van der Waals surface area contributed by atoms with Gasteiger partial charge in [0.2, 0.25) is 0 Å². The molecule has 4 rings (SSSR count). The number of ether oxygens (including phenoxy) is 2. The Bertz CT molecular complexity index is 1360. The zero-order chi connectivity index (χ0) is 23.8. The monoisotopic (exact) mass is 473 g/mol. The number of pyridine rings is 1. The van der Waals surface area contributed by atoms with E-state index < -0.39 is 12.8 Å². The summed E-state index contributed by atoms with van der Waals surface area (Å²) in [6.07, 6.45) is -4.38. The number of aryl methyl sites for hydroxylation is 1. The van der Waals surface area contributed by atoms with E-state index in [9.17, 15) is 18.0 Å². The average Bonchev–Trinajstić information content (AvgIpc) is 2.78. The van der Waals surface area contributed by atoms with Crippen LogP contribution in [0.4, 0.5) is 13.2 Å². The third-order valence-corrected chi connectivity index (χ3v) is 5.52. The Morgan fingerprint density at radius 2 is 1.52 bits per heavy atom. The molecule has 0 aliphatic carbocycles. The number of fused-ring (bicyclic) bond motifs is 1. The molecule has 4 nitrogen and oxygen atoms in total. The first kappa shape index (κ1) is 22.7. The molecule has 3 aromatic carbocycles. The highest BCUT2D eigenvalue weighted by Crippen LogP contribution is 2.31. The van der Waals surface area contributed by atoms with Crippen molar-refractivity contribution < 1.29 is 22.6 Å². The minimum atomic E-state index is -4.38. The maximum Gasteiger partial charge on any atom is 0.422 e. The van der Waals surface area contributed by atoms with E-state index in [1.54, 1.807) is 24.3 Å². The third kappa shape index (κ3) is 4.83. The topological polar surface area (TPSA) is 51.3 Å². The van der Waals surface area contributed by atoms with Crippen molar-refractivity contribution in [1.82, 2.24) is 4.98 Å². The Labute approximate surface area is 192 Å². The van der Waals surface area contributed by atoms with Crippen molar-refractivity contribution >= 4 is 22.5 Å². The SMILES string of the molecule is COc1cc2[nH]c(C)c(-c3ccc(-c4ccc(OCC(F)(F)F)cc4)cc3)c(=O)c2cc1Cl. The Morgan fingerprint density at radius 1 is 0.939 bits per heavy atom. The molecule has 0 radical (unpaired) electrons. The zero-order valence-electron chi connectivity index (χ0n) is 17.7. The van der Waals surface area contributed by atoms with Crippen LogP contribution >= 0.6 is 11.6 Å². The number of aromatic nitrogens is 1. The third-order valence-electron chi connectivity index (χ3n) is 5.22. The van der Waals surface area contributed by atoms with Gasteiger partial charge < -0.3 is 14.5 Å². The highest BCUT2D eigenvalue weighted by Gasteiger charge is 2.28. The van der Waals surface area contributed by atoms with Crippen LogP contribution in [0.3, 0.4) is 0 Å². The summed E-state index contributed by atoms with van der Waals surface area (Å²) >= 11 is 6.21. The van der Waals surface area contributed by atoms with E-state index in [1.807, 2.05) is 31.2 Å². The summed E-state index contributed by atoms with van der Waals surface area (Å²) in [6.45, 7) is 0.490. The van der Waals surface area contributed by atoms with Gasteiger partial charge in [-0.15, -0.1) is 0 Å². The van der Waals surface area contributed by atoms with Gasteiger partial charge in [0.25, 0.3) is 0 Å². The molecule has 33 heavy (non-hydrogen) atoms. The molecule has 0 fully saturated rings. The van der Waals surface area contributed by atoms with E-state index in [4.69, 9.17) is 21.1 Å². The van der Waals surface area contributed by atoms with Crippen molar-refractivity contribution in [3.05, 3.63) is 81.6 Å². The van der Waals surface area contributed by atoms with Crippen molar-refractivity contribution in [1.29, 1.82) is 0 Å². The molecule has 1 heterocycles. The number of nitrogens with one attached hydrogen (secondary N) is 1. The van der Waals surface area contributed by atoms with Gasteiger partial charge in [0.15, 0.2) is 12.0 Å². The summed E-state index contributed by atoms with van der Waals surface area (Å²) in [7, 11) is 1.51. The molecule has 4 aromatic rings. The van der Waals surface area contributed by atoms with E-state index >= 15 is 0 Å². The number of methoxy groups -OCH3 is 1. The largest absolute Gasteiger partial charge is 0.495 e. The van der Waals surface area contributed by atoms with Gasteiger partial charge in [0.05, 0.1) is 17.6 Å². The van der Waals surface area contributed by atoms with Gasteiger partial charge in [0, 0.05) is 22.7 Å². The van der Waals surface area contributed by atoms with E-state index in [0.29, 0.717) is 32.9 Å². The molecule has 0 spiro atoms. The van der Waals surface area contributed by atoms with Crippen LogP contribution in [-0.4, -0.2) is 24.9 Å². The molecule has 0 bridgehead atoms. The predicted molar refractivity (Wildman–Crippen MR) is 123 cm³/mol. The lowest BCUT2D eigenvalue weighted by atomic mass is 9.98. The molecule has 0 aliphatic heterocycles. The summed E-state index contributed by atoms with van der Waals surface area (Å²) in [4.78, 5) is 16.5. The van der Waals surface area contributed by atoms with Crippen molar-refractivity contribution in [3.8, 4) is 33.8 Å². The fourth-order valence-corrected chi connectivity index (χ4v) is 3.90. The normalized spacial score (nSPS) is 11.6. The van der Waals surface area contributed by atoms with Gasteiger partial charge in [-0.3, -0.25) is 4.79 Å². The molecule has 0 aliphatic rings. The number of hydrogen-bond acceptors (Lipinski definition) is 3. The first-order valence-corrected chi connectivity index (χ1v) is 10.3. The molecule has 0 saturated heterocycles. The fourth-order valence-electron chi connectivity index (χ4n) is 3.66. The highest BCUT2D eigenvalue weighted by atomic mass is 35.5. The van der Waals surface area contributed by atoms with Gasteiger partial charge in [0.1, 0.15) is 11.5 Å². The Hall–Kier alpha value is -3.45. The maximum absolute atomic E-state index is 13.2.